The van der Waals surface area contributed by atoms with Gasteiger partial charge in [0, 0.05) is 6.04 Å². The van der Waals surface area contributed by atoms with E-state index < -0.39 is 0 Å². The Hall–Kier alpha value is 0.0100. The van der Waals surface area contributed by atoms with Crippen LogP contribution in [0.15, 0.2) is 11.6 Å². The van der Waals surface area contributed by atoms with Crippen LogP contribution in [0.3, 0.4) is 0 Å². The van der Waals surface area contributed by atoms with Crippen LogP contribution < -0.4 is 11.3 Å². The van der Waals surface area contributed by atoms with Crippen molar-refractivity contribution in [1.29, 1.82) is 0 Å². The van der Waals surface area contributed by atoms with E-state index >= 15 is 0 Å². The fraction of sp³-hybridized carbons (Fsp3) is 0.818. The lowest BCUT2D eigenvalue weighted by Gasteiger charge is -2.18. The lowest BCUT2D eigenvalue weighted by atomic mass is 10.0. The number of rotatable bonds is 5. The topological polar surface area (TPSA) is 38.0 Å². The van der Waals surface area contributed by atoms with Gasteiger partial charge in [-0.25, -0.2) is 0 Å². The van der Waals surface area contributed by atoms with Gasteiger partial charge in [-0.05, 0) is 44.1 Å². The molecule has 0 saturated carbocycles. The molecule has 82 valence electrons. The van der Waals surface area contributed by atoms with Gasteiger partial charge in [-0.2, -0.15) is 11.8 Å². The number of thioether (sulfide) groups is 1. The van der Waals surface area contributed by atoms with Crippen LogP contribution in [-0.4, -0.2) is 18.1 Å². The molecule has 14 heavy (non-hydrogen) atoms. The highest BCUT2D eigenvalue weighted by molar-refractivity contribution is 7.98. The van der Waals surface area contributed by atoms with E-state index in [0.717, 1.165) is 6.42 Å². The molecule has 1 aliphatic carbocycles. The Kier molecular flexibility index (Phi) is 6.32. The predicted molar refractivity (Wildman–Crippen MR) is 65.3 cm³/mol. The van der Waals surface area contributed by atoms with Crippen molar-refractivity contribution < 1.29 is 0 Å². The molecule has 0 aromatic carbocycles. The van der Waals surface area contributed by atoms with Gasteiger partial charge in [0.15, 0.2) is 0 Å². The van der Waals surface area contributed by atoms with Crippen LogP contribution in [0.1, 0.15) is 38.5 Å². The molecule has 0 saturated heterocycles. The first-order chi connectivity index (χ1) is 6.88. The largest absolute Gasteiger partial charge is 0.271 e. The normalized spacial score (nSPS) is 20.0. The van der Waals surface area contributed by atoms with Gasteiger partial charge < -0.3 is 0 Å². The molecule has 2 nitrogen and oxygen atoms in total. The van der Waals surface area contributed by atoms with E-state index in [4.69, 9.17) is 5.84 Å². The quantitative estimate of drug-likeness (QED) is 0.419. The highest BCUT2D eigenvalue weighted by Gasteiger charge is 2.13. The summed E-state index contributed by atoms with van der Waals surface area (Å²) in [7, 11) is 0. The zero-order valence-corrected chi connectivity index (χ0v) is 9.91. The Balaban J connectivity index is 2.44. The molecule has 1 unspecified atom stereocenters. The van der Waals surface area contributed by atoms with E-state index in [1.165, 1.54) is 37.9 Å². The average Bonchev–Trinajstić information content (AvgIpc) is 2.48. The van der Waals surface area contributed by atoms with E-state index in [2.05, 4.69) is 17.8 Å². The second-order valence-electron chi connectivity index (χ2n) is 3.88. The van der Waals surface area contributed by atoms with Crippen LogP contribution in [0.2, 0.25) is 0 Å². The lowest BCUT2D eigenvalue weighted by Crippen LogP contribution is -2.37. The Morgan fingerprint density at radius 2 is 2.36 bits per heavy atom. The molecule has 3 N–H and O–H groups in total. The molecule has 0 heterocycles. The van der Waals surface area contributed by atoms with Crippen molar-refractivity contribution in [1.82, 2.24) is 5.43 Å². The summed E-state index contributed by atoms with van der Waals surface area (Å²) < 4.78 is 0. The molecule has 0 bridgehead atoms. The van der Waals surface area contributed by atoms with Crippen LogP contribution >= 0.6 is 11.8 Å². The molecule has 1 aliphatic rings. The van der Waals surface area contributed by atoms with Gasteiger partial charge in [-0.1, -0.05) is 18.1 Å². The maximum absolute atomic E-state index is 5.60. The van der Waals surface area contributed by atoms with E-state index in [1.807, 2.05) is 11.8 Å². The molecule has 0 aliphatic heterocycles. The van der Waals surface area contributed by atoms with Crippen LogP contribution in [0, 0.1) is 0 Å². The summed E-state index contributed by atoms with van der Waals surface area (Å²) in [6, 6.07) is 0.417. The first-order valence-corrected chi connectivity index (χ1v) is 6.92. The van der Waals surface area contributed by atoms with Crippen molar-refractivity contribution >= 4 is 11.8 Å². The van der Waals surface area contributed by atoms with Gasteiger partial charge in [-0.15, -0.1) is 0 Å². The molecule has 0 amide bonds. The van der Waals surface area contributed by atoms with Gasteiger partial charge in [0.05, 0.1) is 0 Å². The molecule has 0 aromatic rings. The molecular weight excluding hydrogens is 192 g/mol. The Morgan fingerprint density at radius 1 is 1.50 bits per heavy atom. The third kappa shape index (κ3) is 4.03. The van der Waals surface area contributed by atoms with Gasteiger partial charge in [0.2, 0.25) is 0 Å². The minimum atomic E-state index is 0.417. The average molecular weight is 214 g/mol. The van der Waals surface area contributed by atoms with Gasteiger partial charge >= 0.3 is 0 Å². The predicted octanol–water partition coefficient (Wildman–Crippen LogP) is 2.46. The van der Waals surface area contributed by atoms with Crippen molar-refractivity contribution in [3.05, 3.63) is 11.6 Å². The van der Waals surface area contributed by atoms with Crippen molar-refractivity contribution in [3.8, 4) is 0 Å². The summed E-state index contributed by atoms with van der Waals surface area (Å²) in [4.78, 5) is 0. The van der Waals surface area contributed by atoms with E-state index in [-0.39, 0.29) is 0 Å². The Morgan fingerprint density at radius 3 is 3.07 bits per heavy atom. The fourth-order valence-corrected chi connectivity index (χ4v) is 2.44. The molecule has 1 rings (SSSR count). The van der Waals surface area contributed by atoms with E-state index in [0.29, 0.717) is 6.04 Å². The lowest BCUT2D eigenvalue weighted by molar-refractivity contribution is 0.556. The minimum absolute atomic E-state index is 0.417. The van der Waals surface area contributed by atoms with Crippen LogP contribution in [0.25, 0.3) is 0 Å². The number of allylic oxidation sites excluding steroid dienone is 1. The smallest absolute Gasteiger partial charge is 0.0427 e. The zero-order valence-electron chi connectivity index (χ0n) is 9.09. The number of hydrogen-bond donors (Lipinski definition) is 2. The summed E-state index contributed by atoms with van der Waals surface area (Å²) >= 11 is 1.89. The monoisotopic (exact) mass is 214 g/mol. The maximum atomic E-state index is 5.60. The van der Waals surface area contributed by atoms with Crippen LogP contribution in [-0.2, 0) is 0 Å². The van der Waals surface area contributed by atoms with Crippen molar-refractivity contribution in [2.45, 2.75) is 44.6 Å². The van der Waals surface area contributed by atoms with Crippen LogP contribution in [0.4, 0.5) is 0 Å². The Labute approximate surface area is 91.7 Å². The maximum Gasteiger partial charge on any atom is 0.0427 e. The highest BCUT2D eigenvalue weighted by Crippen LogP contribution is 2.21. The molecule has 3 heteroatoms. The summed E-state index contributed by atoms with van der Waals surface area (Å²) in [5, 5.41) is 0. The fourth-order valence-electron chi connectivity index (χ4n) is 1.97. The molecule has 0 spiro atoms. The van der Waals surface area contributed by atoms with Gasteiger partial charge in [-0.3, -0.25) is 11.3 Å². The van der Waals surface area contributed by atoms with Gasteiger partial charge in [0.1, 0.15) is 0 Å². The molecular formula is C11H22N2S. The Bertz CT molecular complexity index is 180. The third-order valence-electron chi connectivity index (χ3n) is 2.84. The number of hydrogen-bond acceptors (Lipinski definition) is 3. The highest BCUT2D eigenvalue weighted by atomic mass is 32.2. The van der Waals surface area contributed by atoms with Gasteiger partial charge in [0.25, 0.3) is 0 Å². The minimum Gasteiger partial charge on any atom is -0.271 e. The standard InChI is InChI=1S/C11H22N2S/c1-14-9-8-11(13-12)10-6-4-2-3-5-7-10/h6,11,13H,2-5,7-9,12H2,1H3. The summed E-state index contributed by atoms with van der Waals surface area (Å²) in [5.41, 5.74) is 4.49. The number of nitrogens with one attached hydrogen (secondary N) is 1. The van der Waals surface area contributed by atoms with Crippen molar-refractivity contribution in [3.63, 3.8) is 0 Å². The first kappa shape index (κ1) is 12.1. The van der Waals surface area contributed by atoms with E-state index in [9.17, 15) is 0 Å². The van der Waals surface area contributed by atoms with Crippen molar-refractivity contribution in [2.24, 2.45) is 5.84 Å². The zero-order chi connectivity index (χ0) is 10.2. The second kappa shape index (κ2) is 7.32. The van der Waals surface area contributed by atoms with Crippen LogP contribution in [0.5, 0.6) is 0 Å². The number of nitrogens with two attached hydrogens (primary N) is 1. The van der Waals surface area contributed by atoms with Crippen molar-refractivity contribution in [2.75, 3.05) is 12.0 Å². The summed E-state index contributed by atoms with van der Waals surface area (Å²) in [6.45, 7) is 0. The molecule has 0 aromatic heterocycles. The SMILES string of the molecule is CSCCC(NN)C1=CCCCCC1. The number of hydrazine groups is 1. The molecule has 1 atom stereocenters. The summed E-state index contributed by atoms with van der Waals surface area (Å²) in [5.74, 6) is 6.78. The first-order valence-electron chi connectivity index (χ1n) is 5.52. The third-order valence-corrected chi connectivity index (χ3v) is 3.48. The van der Waals surface area contributed by atoms with E-state index in [1.54, 1.807) is 5.57 Å². The molecule has 0 radical (unpaired) electrons. The second-order valence-corrected chi connectivity index (χ2v) is 4.86. The molecule has 0 fully saturated rings. The summed E-state index contributed by atoms with van der Waals surface area (Å²) in [6.07, 6.45) is 12.2.